The van der Waals surface area contributed by atoms with Crippen LogP contribution >= 0.6 is 0 Å². The lowest BCUT2D eigenvalue weighted by Gasteiger charge is -2.23. The van der Waals surface area contributed by atoms with Crippen molar-refractivity contribution in [3.8, 4) is 0 Å². The van der Waals surface area contributed by atoms with E-state index in [4.69, 9.17) is 5.73 Å². The van der Waals surface area contributed by atoms with Gasteiger partial charge in [-0.15, -0.1) is 0 Å². The van der Waals surface area contributed by atoms with Gasteiger partial charge in [0.1, 0.15) is 5.82 Å². The number of hydrogen-bond acceptors (Lipinski definition) is 3. The molecule has 0 heterocycles. The van der Waals surface area contributed by atoms with Crippen LogP contribution in [-0.4, -0.2) is 15.0 Å². The first-order chi connectivity index (χ1) is 9.86. The highest BCUT2D eigenvalue weighted by atomic mass is 32.2. The Bertz CT molecular complexity index is 743. The number of rotatable bonds is 4. The van der Waals surface area contributed by atoms with Crippen molar-refractivity contribution in [2.45, 2.75) is 18.7 Å². The zero-order valence-corrected chi connectivity index (χ0v) is 12.7. The predicted octanol–water partition coefficient (Wildman–Crippen LogP) is 2.93. The summed E-state index contributed by atoms with van der Waals surface area (Å²) in [6, 6.07) is 9.87. The molecule has 0 amide bonds. The summed E-state index contributed by atoms with van der Waals surface area (Å²) in [6.45, 7) is 3.84. The molecule has 0 aliphatic heterocycles. The second-order valence-corrected chi connectivity index (χ2v) is 6.53. The van der Waals surface area contributed by atoms with Gasteiger partial charge in [0, 0.05) is 12.2 Å². The number of benzene rings is 2. The number of nitrogens with zero attached hydrogens (tertiary/aromatic N) is 1. The van der Waals surface area contributed by atoms with E-state index in [1.54, 1.807) is 25.1 Å². The number of nitrogens with two attached hydrogens (primary N) is 1. The summed E-state index contributed by atoms with van der Waals surface area (Å²) in [5, 5.41) is 0. The predicted molar refractivity (Wildman–Crippen MR) is 82.2 cm³/mol. The van der Waals surface area contributed by atoms with Crippen molar-refractivity contribution in [2.75, 3.05) is 16.6 Å². The maximum atomic E-state index is 13.0. The molecule has 21 heavy (non-hydrogen) atoms. The molecule has 0 unspecified atom stereocenters. The van der Waals surface area contributed by atoms with Crippen molar-refractivity contribution in [3.05, 3.63) is 53.8 Å². The van der Waals surface area contributed by atoms with Crippen LogP contribution in [-0.2, 0) is 10.0 Å². The van der Waals surface area contributed by atoms with Gasteiger partial charge in [-0.25, -0.2) is 12.8 Å². The number of sulfonamides is 1. The van der Waals surface area contributed by atoms with Crippen molar-refractivity contribution in [2.24, 2.45) is 0 Å². The van der Waals surface area contributed by atoms with E-state index < -0.39 is 15.8 Å². The molecule has 6 heteroatoms. The third-order valence-corrected chi connectivity index (χ3v) is 5.16. The lowest BCUT2D eigenvalue weighted by atomic mass is 10.2. The van der Waals surface area contributed by atoms with Crippen molar-refractivity contribution < 1.29 is 12.8 Å². The minimum absolute atomic E-state index is 0.0462. The number of nitrogen functional groups attached to an aromatic ring is 1. The first-order valence-corrected chi connectivity index (χ1v) is 7.94. The van der Waals surface area contributed by atoms with E-state index in [9.17, 15) is 12.8 Å². The molecule has 2 aromatic rings. The SMILES string of the molecule is CCN(c1ccc(C)c(N)c1)S(=O)(=O)c1ccc(F)cc1. The van der Waals surface area contributed by atoms with Crippen LogP contribution in [0, 0.1) is 12.7 Å². The van der Waals surface area contributed by atoms with E-state index in [-0.39, 0.29) is 11.4 Å². The first kappa shape index (κ1) is 15.3. The van der Waals surface area contributed by atoms with Gasteiger partial charge in [0.25, 0.3) is 10.0 Å². The molecule has 2 aromatic carbocycles. The number of hydrogen-bond donors (Lipinski definition) is 1. The van der Waals surface area contributed by atoms with Crippen LogP contribution in [0.1, 0.15) is 12.5 Å². The monoisotopic (exact) mass is 308 g/mol. The Labute approximate surface area is 124 Å². The van der Waals surface area contributed by atoms with Gasteiger partial charge >= 0.3 is 0 Å². The van der Waals surface area contributed by atoms with Crippen molar-refractivity contribution in [1.82, 2.24) is 0 Å². The molecule has 0 aliphatic rings. The molecule has 0 aromatic heterocycles. The van der Waals surface area contributed by atoms with Gasteiger partial charge in [-0.3, -0.25) is 4.31 Å². The van der Waals surface area contributed by atoms with Gasteiger partial charge < -0.3 is 5.73 Å². The largest absolute Gasteiger partial charge is 0.398 e. The molecular weight excluding hydrogens is 291 g/mol. The van der Waals surface area contributed by atoms with Gasteiger partial charge in [0.05, 0.1) is 10.6 Å². The highest BCUT2D eigenvalue weighted by Crippen LogP contribution is 2.26. The topological polar surface area (TPSA) is 63.4 Å². The lowest BCUT2D eigenvalue weighted by Crippen LogP contribution is -2.30. The van der Waals surface area contributed by atoms with E-state index in [1.165, 1.54) is 16.4 Å². The van der Waals surface area contributed by atoms with E-state index in [0.717, 1.165) is 17.7 Å². The van der Waals surface area contributed by atoms with Crippen molar-refractivity contribution >= 4 is 21.4 Å². The number of aryl methyl sites for hydroxylation is 1. The molecule has 0 saturated carbocycles. The lowest BCUT2D eigenvalue weighted by molar-refractivity contribution is 0.590. The minimum atomic E-state index is -3.74. The Balaban J connectivity index is 2.48. The summed E-state index contributed by atoms with van der Waals surface area (Å²) in [7, 11) is -3.74. The normalized spacial score (nSPS) is 11.4. The van der Waals surface area contributed by atoms with E-state index in [0.29, 0.717) is 11.4 Å². The molecule has 0 atom stereocenters. The average molecular weight is 308 g/mol. The van der Waals surface area contributed by atoms with Crippen LogP contribution in [0.5, 0.6) is 0 Å². The van der Waals surface area contributed by atoms with E-state index in [1.807, 2.05) is 6.92 Å². The van der Waals surface area contributed by atoms with Crippen LogP contribution < -0.4 is 10.0 Å². The third kappa shape index (κ3) is 3.00. The molecule has 0 spiro atoms. The minimum Gasteiger partial charge on any atom is -0.398 e. The zero-order valence-electron chi connectivity index (χ0n) is 11.9. The standard InChI is InChI=1S/C15H17FN2O2S/c1-3-18(13-7-4-11(2)15(17)10-13)21(19,20)14-8-5-12(16)6-9-14/h4-10H,3,17H2,1-2H3. The summed E-state index contributed by atoms with van der Waals surface area (Å²) in [6.07, 6.45) is 0. The molecule has 2 N–H and O–H groups in total. The highest BCUT2D eigenvalue weighted by Gasteiger charge is 2.23. The van der Waals surface area contributed by atoms with Crippen LogP contribution in [0.3, 0.4) is 0 Å². The number of anilines is 2. The van der Waals surface area contributed by atoms with Gasteiger partial charge in [0.2, 0.25) is 0 Å². The fourth-order valence-corrected chi connectivity index (χ4v) is 3.47. The van der Waals surface area contributed by atoms with Gasteiger partial charge in [-0.05, 0) is 55.8 Å². The van der Waals surface area contributed by atoms with Gasteiger partial charge in [0.15, 0.2) is 0 Å². The van der Waals surface area contributed by atoms with Gasteiger partial charge in [-0.1, -0.05) is 6.07 Å². The van der Waals surface area contributed by atoms with Crippen LogP contribution in [0.15, 0.2) is 47.4 Å². The molecular formula is C15H17FN2O2S. The fourth-order valence-electron chi connectivity index (χ4n) is 2.01. The van der Waals surface area contributed by atoms with Crippen LogP contribution in [0.2, 0.25) is 0 Å². The molecule has 0 fully saturated rings. The second kappa shape index (κ2) is 5.73. The number of halogens is 1. The maximum Gasteiger partial charge on any atom is 0.264 e. The van der Waals surface area contributed by atoms with E-state index in [2.05, 4.69) is 0 Å². The van der Waals surface area contributed by atoms with Crippen LogP contribution in [0.4, 0.5) is 15.8 Å². The van der Waals surface area contributed by atoms with Crippen LogP contribution in [0.25, 0.3) is 0 Å². The molecule has 112 valence electrons. The molecule has 2 rings (SSSR count). The maximum absolute atomic E-state index is 13.0. The zero-order chi connectivity index (χ0) is 15.6. The molecule has 0 radical (unpaired) electrons. The highest BCUT2D eigenvalue weighted by molar-refractivity contribution is 7.92. The summed E-state index contributed by atoms with van der Waals surface area (Å²) in [5.41, 5.74) is 7.75. The summed E-state index contributed by atoms with van der Waals surface area (Å²) in [5.74, 6) is -0.475. The molecule has 4 nitrogen and oxygen atoms in total. The Kier molecular flexibility index (Phi) is 4.18. The Morgan fingerprint density at radius 1 is 1.14 bits per heavy atom. The quantitative estimate of drug-likeness (QED) is 0.883. The molecule has 0 aliphatic carbocycles. The van der Waals surface area contributed by atoms with Crippen molar-refractivity contribution in [3.63, 3.8) is 0 Å². The summed E-state index contributed by atoms with van der Waals surface area (Å²) < 4.78 is 39.5. The summed E-state index contributed by atoms with van der Waals surface area (Å²) in [4.78, 5) is 0.0462. The summed E-state index contributed by atoms with van der Waals surface area (Å²) >= 11 is 0. The Hall–Kier alpha value is -2.08. The first-order valence-electron chi connectivity index (χ1n) is 6.50. The Morgan fingerprint density at radius 3 is 2.29 bits per heavy atom. The van der Waals surface area contributed by atoms with Crippen molar-refractivity contribution in [1.29, 1.82) is 0 Å². The molecule has 0 bridgehead atoms. The Morgan fingerprint density at radius 2 is 1.76 bits per heavy atom. The smallest absolute Gasteiger partial charge is 0.264 e. The molecule has 0 saturated heterocycles. The fraction of sp³-hybridized carbons (Fsp3) is 0.200. The van der Waals surface area contributed by atoms with Gasteiger partial charge in [-0.2, -0.15) is 0 Å². The average Bonchev–Trinajstić information content (AvgIpc) is 2.44. The van der Waals surface area contributed by atoms with E-state index >= 15 is 0 Å². The third-order valence-electron chi connectivity index (χ3n) is 3.24. The second-order valence-electron chi connectivity index (χ2n) is 4.66.